The minimum Gasteiger partial charge on any atom is -0.481 e. The highest BCUT2D eigenvalue weighted by molar-refractivity contribution is 5.78. The lowest BCUT2D eigenvalue weighted by atomic mass is 9.61. The first-order valence-corrected chi connectivity index (χ1v) is 3.90. The van der Waals surface area contributed by atoms with E-state index in [1.165, 1.54) is 0 Å². The van der Waals surface area contributed by atoms with E-state index >= 15 is 0 Å². The smallest absolute Gasteiger partial charge is 0.312 e. The highest BCUT2D eigenvalue weighted by atomic mass is 16.5. The lowest BCUT2D eigenvalue weighted by Gasteiger charge is -2.39. The summed E-state index contributed by atoms with van der Waals surface area (Å²) in [6, 6.07) is 0. The van der Waals surface area contributed by atoms with Crippen LogP contribution in [-0.4, -0.2) is 22.8 Å². The number of carboxylic acids is 1. The highest BCUT2D eigenvalue weighted by Gasteiger charge is 2.68. The van der Waals surface area contributed by atoms with Crippen LogP contribution in [0.1, 0.15) is 26.7 Å². The van der Waals surface area contributed by atoms with E-state index in [1.807, 2.05) is 13.8 Å². The lowest BCUT2D eigenvalue weighted by Crippen LogP contribution is -2.48. The molecule has 2 saturated heterocycles. The third kappa shape index (κ3) is 0.644. The number of hydrogen-bond donors (Lipinski definition) is 1. The van der Waals surface area contributed by atoms with E-state index in [1.54, 1.807) is 0 Å². The molecular weight excluding hydrogens is 144 g/mol. The molecule has 1 saturated carbocycles. The van der Waals surface area contributed by atoms with Crippen molar-refractivity contribution in [3.8, 4) is 0 Å². The SMILES string of the molecule is CC1OC2(C)CC1(C(=O)O)C2. The van der Waals surface area contributed by atoms with Crippen LogP contribution in [0.15, 0.2) is 0 Å². The molecular formula is C8H12O3. The average Bonchev–Trinajstić information content (AvgIpc) is 2.14. The van der Waals surface area contributed by atoms with E-state index < -0.39 is 11.4 Å². The van der Waals surface area contributed by atoms with Crippen LogP contribution in [0.5, 0.6) is 0 Å². The van der Waals surface area contributed by atoms with Gasteiger partial charge in [0.2, 0.25) is 0 Å². The summed E-state index contributed by atoms with van der Waals surface area (Å²) in [7, 11) is 0. The van der Waals surface area contributed by atoms with Crippen LogP contribution < -0.4 is 0 Å². The van der Waals surface area contributed by atoms with Gasteiger partial charge in [0.25, 0.3) is 0 Å². The summed E-state index contributed by atoms with van der Waals surface area (Å²) >= 11 is 0. The second kappa shape index (κ2) is 1.61. The molecule has 3 fully saturated rings. The molecule has 0 aromatic carbocycles. The normalized spacial score (nSPS) is 53.8. The number of fused-ring (bicyclic) bond motifs is 1. The predicted octanol–water partition coefficient (Wildman–Crippen LogP) is 1.03. The Morgan fingerprint density at radius 2 is 2.18 bits per heavy atom. The number of hydrogen-bond acceptors (Lipinski definition) is 2. The van der Waals surface area contributed by atoms with Crippen LogP contribution in [0, 0.1) is 5.41 Å². The minimum atomic E-state index is -0.694. The van der Waals surface area contributed by atoms with Gasteiger partial charge in [0.05, 0.1) is 17.1 Å². The summed E-state index contributed by atoms with van der Waals surface area (Å²) in [5.74, 6) is -0.694. The Kier molecular flexibility index (Phi) is 1.04. The molecule has 0 amide bonds. The monoisotopic (exact) mass is 156 g/mol. The first-order chi connectivity index (χ1) is 4.99. The first-order valence-electron chi connectivity index (χ1n) is 3.90. The van der Waals surface area contributed by atoms with Gasteiger partial charge < -0.3 is 9.84 Å². The van der Waals surface area contributed by atoms with Crippen LogP contribution >= 0.6 is 0 Å². The average molecular weight is 156 g/mol. The third-order valence-electron chi connectivity index (χ3n) is 3.04. The molecule has 0 spiro atoms. The van der Waals surface area contributed by atoms with E-state index in [0.717, 1.165) is 0 Å². The lowest BCUT2D eigenvalue weighted by molar-refractivity contribution is -0.154. The highest BCUT2D eigenvalue weighted by Crippen LogP contribution is 2.61. The fourth-order valence-electron chi connectivity index (χ4n) is 2.52. The molecule has 3 nitrogen and oxygen atoms in total. The largest absolute Gasteiger partial charge is 0.481 e. The number of aliphatic carboxylic acids is 1. The molecule has 0 aromatic rings. The molecule has 3 rings (SSSR count). The van der Waals surface area contributed by atoms with Gasteiger partial charge in [-0.25, -0.2) is 0 Å². The molecule has 2 heterocycles. The van der Waals surface area contributed by atoms with Crippen molar-refractivity contribution < 1.29 is 14.6 Å². The van der Waals surface area contributed by atoms with Gasteiger partial charge in [0.15, 0.2) is 0 Å². The van der Waals surface area contributed by atoms with Crippen molar-refractivity contribution in [1.82, 2.24) is 0 Å². The number of carbonyl (C=O) groups is 1. The molecule has 62 valence electrons. The Balaban J connectivity index is 2.28. The Labute approximate surface area is 65.4 Å². The van der Waals surface area contributed by atoms with Crippen LogP contribution in [0.2, 0.25) is 0 Å². The van der Waals surface area contributed by atoms with E-state index in [9.17, 15) is 4.79 Å². The first kappa shape index (κ1) is 7.10. The van der Waals surface area contributed by atoms with Gasteiger partial charge >= 0.3 is 5.97 Å². The topological polar surface area (TPSA) is 46.5 Å². The zero-order chi connectivity index (χ0) is 8.28. The van der Waals surface area contributed by atoms with Crippen LogP contribution in [0.3, 0.4) is 0 Å². The Bertz CT molecular complexity index is 215. The molecule has 2 aliphatic heterocycles. The molecule has 0 radical (unpaired) electrons. The number of ether oxygens (including phenoxy) is 1. The summed E-state index contributed by atoms with van der Waals surface area (Å²) in [6.07, 6.45) is 1.28. The van der Waals surface area contributed by atoms with Gasteiger partial charge in [-0.2, -0.15) is 0 Å². The molecule has 3 heteroatoms. The summed E-state index contributed by atoms with van der Waals surface area (Å²) in [5, 5.41) is 8.92. The molecule has 0 aromatic heterocycles. The van der Waals surface area contributed by atoms with Gasteiger partial charge in [-0.15, -0.1) is 0 Å². The number of carboxylic acid groups (broad SMARTS) is 1. The van der Waals surface area contributed by atoms with Crippen molar-refractivity contribution in [1.29, 1.82) is 0 Å². The van der Waals surface area contributed by atoms with Crippen LogP contribution in [0.25, 0.3) is 0 Å². The van der Waals surface area contributed by atoms with Crippen molar-refractivity contribution >= 4 is 5.97 Å². The summed E-state index contributed by atoms with van der Waals surface area (Å²) in [6.45, 7) is 3.84. The maximum Gasteiger partial charge on any atom is 0.312 e. The summed E-state index contributed by atoms with van der Waals surface area (Å²) in [5.41, 5.74) is -0.674. The van der Waals surface area contributed by atoms with Gasteiger partial charge in [0, 0.05) is 0 Å². The van der Waals surface area contributed by atoms with E-state index in [2.05, 4.69) is 0 Å². The van der Waals surface area contributed by atoms with Gasteiger partial charge in [-0.05, 0) is 26.7 Å². The molecule has 1 aliphatic carbocycles. The quantitative estimate of drug-likeness (QED) is 0.616. The molecule has 11 heavy (non-hydrogen) atoms. The van der Waals surface area contributed by atoms with Crippen molar-refractivity contribution in [2.45, 2.75) is 38.4 Å². The standard InChI is InChI=1S/C8H12O3/c1-5-8(6(9)10)3-7(2,4-8)11-5/h5H,3-4H2,1-2H3,(H,9,10). The van der Waals surface area contributed by atoms with Crippen molar-refractivity contribution in [3.05, 3.63) is 0 Å². The van der Waals surface area contributed by atoms with E-state index in [4.69, 9.17) is 9.84 Å². The molecule has 3 aliphatic rings. The van der Waals surface area contributed by atoms with E-state index in [-0.39, 0.29) is 11.7 Å². The molecule has 1 unspecified atom stereocenters. The molecule has 1 atom stereocenters. The van der Waals surface area contributed by atoms with Crippen molar-refractivity contribution in [3.63, 3.8) is 0 Å². The van der Waals surface area contributed by atoms with E-state index in [0.29, 0.717) is 12.8 Å². The van der Waals surface area contributed by atoms with Gasteiger partial charge in [-0.3, -0.25) is 4.79 Å². The second-order valence-electron chi connectivity index (χ2n) is 4.02. The fourth-order valence-corrected chi connectivity index (χ4v) is 2.52. The van der Waals surface area contributed by atoms with Crippen LogP contribution in [0.4, 0.5) is 0 Å². The Morgan fingerprint density at radius 3 is 2.36 bits per heavy atom. The zero-order valence-corrected chi connectivity index (χ0v) is 6.76. The molecule has 2 bridgehead atoms. The Morgan fingerprint density at radius 1 is 1.64 bits per heavy atom. The van der Waals surface area contributed by atoms with Gasteiger partial charge in [-0.1, -0.05) is 0 Å². The maximum absolute atomic E-state index is 10.8. The minimum absolute atomic E-state index is 0.106. The van der Waals surface area contributed by atoms with Gasteiger partial charge in [0.1, 0.15) is 0 Å². The maximum atomic E-state index is 10.8. The van der Waals surface area contributed by atoms with Crippen molar-refractivity contribution in [2.24, 2.45) is 5.41 Å². The molecule has 1 N–H and O–H groups in total. The Hall–Kier alpha value is -0.570. The predicted molar refractivity (Wildman–Crippen MR) is 38.3 cm³/mol. The third-order valence-corrected chi connectivity index (χ3v) is 3.04. The van der Waals surface area contributed by atoms with Crippen LogP contribution in [-0.2, 0) is 9.53 Å². The fraction of sp³-hybridized carbons (Fsp3) is 0.875. The second-order valence-corrected chi connectivity index (χ2v) is 4.02. The number of rotatable bonds is 1. The summed E-state index contributed by atoms with van der Waals surface area (Å²) < 4.78 is 5.51. The van der Waals surface area contributed by atoms with Crippen molar-refractivity contribution in [2.75, 3.05) is 0 Å². The summed E-state index contributed by atoms with van der Waals surface area (Å²) in [4.78, 5) is 10.8. The zero-order valence-electron chi connectivity index (χ0n) is 6.76.